The Labute approximate surface area is 201 Å². The minimum absolute atomic E-state index is 0.0536. The summed E-state index contributed by atoms with van der Waals surface area (Å²) >= 11 is 6.20. The second kappa shape index (κ2) is 9.00. The van der Waals surface area contributed by atoms with Gasteiger partial charge in [0.05, 0.1) is 17.2 Å². The molecule has 3 aliphatic rings. The van der Waals surface area contributed by atoms with E-state index < -0.39 is 23.5 Å². The molecule has 5 rings (SSSR count). The van der Waals surface area contributed by atoms with Crippen LogP contribution in [0.25, 0.3) is 0 Å². The molecule has 1 aliphatic carbocycles. The highest BCUT2D eigenvalue weighted by Gasteiger charge is 2.54. The van der Waals surface area contributed by atoms with E-state index in [2.05, 4.69) is 5.32 Å². The van der Waals surface area contributed by atoms with E-state index in [1.165, 1.54) is 29.2 Å². The minimum Gasteiger partial charge on any atom is -0.353 e. The summed E-state index contributed by atoms with van der Waals surface area (Å²) in [6.07, 6.45) is 2.50. The Hall–Kier alpha value is -2.97. The van der Waals surface area contributed by atoms with Crippen molar-refractivity contribution in [1.82, 2.24) is 15.1 Å². The first-order chi connectivity index (χ1) is 16.4. The summed E-state index contributed by atoms with van der Waals surface area (Å²) < 4.78 is 20.0. The summed E-state index contributed by atoms with van der Waals surface area (Å²) in [5.41, 5.74) is -0.475. The highest BCUT2D eigenvalue weighted by atomic mass is 35.5. The first kappa shape index (κ1) is 22.8. The molecule has 2 aromatic carbocycles. The van der Waals surface area contributed by atoms with E-state index in [0.29, 0.717) is 36.5 Å². The molecule has 34 heavy (non-hydrogen) atoms. The van der Waals surface area contributed by atoms with Crippen LogP contribution in [-0.4, -0.2) is 65.0 Å². The zero-order chi connectivity index (χ0) is 23.9. The average molecular weight is 486 g/mol. The molecule has 0 aromatic heterocycles. The van der Waals surface area contributed by atoms with Crippen molar-refractivity contribution in [3.05, 3.63) is 70.5 Å². The van der Waals surface area contributed by atoms with Gasteiger partial charge in [0, 0.05) is 37.5 Å². The molecule has 1 unspecified atom stereocenters. The van der Waals surface area contributed by atoms with E-state index in [0.717, 1.165) is 12.8 Å². The van der Waals surface area contributed by atoms with Gasteiger partial charge in [-0.25, -0.2) is 4.39 Å². The van der Waals surface area contributed by atoms with Gasteiger partial charge in [-0.05, 0) is 43.2 Å². The molecule has 2 saturated heterocycles. The van der Waals surface area contributed by atoms with Gasteiger partial charge in [-0.3, -0.25) is 19.3 Å². The Morgan fingerprint density at radius 1 is 1.03 bits per heavy atom. The van der Waals surface area contributed by atoms with Gasteiger partial charge in [0.1, 0.15) is 17.6 Å². The van der Waals surface area contributed by atoms with Crippen molar-refractivity contribution in [2.45, 2.75) is 43.5 Å². The number of nitrogens with one attached hydrogen (secondary N) is 1. The molecular weight excluding hydrogens is 461 g/mol. The number of carbonyl (C=O) groups is 3. The number of carbonyl (C=O) groups excluding carboxylic acids is 3. The second-order valence-corrected chi connectivity index (χ2v) is 9.42. The van der Waals surface area contributed by atoms with E-state index in [-0.39, 0.29) is 30.0 Å². The van der Waals surface area contributed by atoms with Gasteiger partial charge in [-0.2, -0.15) is 0 Å². The van der Waals surface area contributed by atoms with E-state index in [4.69, 9.17) is 16.3 Å². The number of benzene rings is 2. The molecule has 3 fully saturated rings. The van der Waals surface area contributed by atoms with Gasteiger partial charge >= 0.3 is 0 Å². The van der Waals surface area contributed by atoms with Crippen molar-refractivity contribution in [2.75, 3.05) is 19.7 Å². The van der Waals surface area contributed by atoms with Crippen molar-refractivity contribution >= 4 is 29.3 Å². The van der Waals surface area contributed by atoms with Crippen LogP contribution in [0.2, 0.25) is 5.02 Å². The predicted molar refractivity (Wildman–Crippen MR) is 123 cm³/mol. The summed E-state index contributed by atoms with van der Waals surface area (Å²) in [4.78, 5) is 42.7. The van der Waals surface area contributed by atoms with E-state index in [1.807, 2.05) is 0 Å². The van der Waals surface area contributed by atoms with Crippen molar-refractivity contribution in [3.63, 3.8) is 0 Å². The molecule has 1 N–H and O–H groups in total. The Morgan fingerprint density at radius 3 is 2.44 bits per heavy atom. The number of piperidine rings is 1. The molecule has 7 nitrogen and oxygen atoms in total. The van der Waals surface area contributed by atoms with Gasteiger partial charge in [0.2, 0.25) is 5.91 Å². The van der Waals surface area contributed by atoms with Crippen molar-refractivity contribution in [1.29, 1.82) is 0 Å². The van der Waals surface area contributed by atoms with Gasteiger partial charge in [0.25, 0.3) is 11.8 Å². The Morgan fingerprint density at radius 2 is 1.76 bits per heavy atom. The highest BCUT2D eigenvalue weighted by Crippen LogP contribution is 2.39. The van der Waals surface area contributed by atoms with E-state index in [1.54, 1.807) is 29.2 Å². The zero-order valence-corrected chi connectivity index (χ0v) is 19.3. The van der Waals surface area contributed by atoms with Crippen LogP contribution in [0.4, 0.5) is 4.39 Å². The van der Waals surface area contributed by atoms with Crippen LogP contribution in [0, 0.1) is 5.82 Å². The summed E-state index contributed by atoms with van der Waals surface area (Å²) in [6, 6.07) is 11.6. The fraction of sp³-hybridized carbons (Fsp3) is 0.400. The van der Waals surface area contributed by atoms with Crippen LogP contribution in [-0.2, 0) is 9.53 Å². The van der Waals surface area contributed by atoms with Gasteiger partial charge in [-0.1, -0.05) is 29.8 Å². The Kier molecular flexibility index (Phi) is 6.04. The summed E-state index contributed by atoms with van der Waals surface area (Å²) in [5, 5.41) is 3.33. The minimum atomic E-state index is -1.05. The number of ether oxygens (including phenoxy) is 1. The topological polar surface area (TPSA) is 79.0 Å². The Balaban J connectivity index is 1.39. The van der Waals surface area contributed by atoms with Crippen LogP contribution >= 0.6 is 11.6 Å². The summed E-state index contributed by atoms with van der Waals surface area (Å²) in [7, 11) is 0. The number of likely N-dealkylation sites (tertiary alicyclic amines) is 1. The standard InChI is InChI=1S/C25H25ClFN3O4/c26-20-7-2-1-6-19(20)24(33)29-12-10-25(11-13-29)30(23(32)16-4-3-5-17(27)14-16)21(15-34-25)22(31)28-18-8-9-18/h1-7,14,18,21H,8-13,15H2,(H,28,31). The first-order valence-corrected chi connectivity index (χ1v) is 11.8. The molecule has 1 spiro atoms. The smallest absolute Gasteiger partial charge is 0.256 e. The maximum atomic E-state index is 13.9. The highest BCUT2D eigenvalue weighted by molar-refractivity contribution is 6.33. The number of rotatable bonds is 4. The molecule has 9 heteroatoms. The maximum Gasteiger partial charge on any atom is 0.256 e. The van der Waals surface area contributed by atoms with Crippen LogP contribution in [0.5, 0.6) is 0 Å². The second-order valence-electron chi connectivity index (χ2n) is 9.01. The lowest BCUT2D eigenvalue weighted by Gasteiger charge is -2.44. The number of hydrogen-bond acceptors (Lipinski definition) is 4. The van der Waals surface area contributed by atoms with E-state index >= 15 is 0 Å². The maximum absolute atomic E-state index is 13.9. The van der Waals surface area contributed by atoms with Gasteiger partial charge < -0.3 is 15.0 Å². The van der Waals surface area contributed by atoms with Crippen molar-refractivity contribution in [3.8, 4) is 0 Å². The van der Waals surface area contributed by atoms with Gasteiger partial charge in [0.15, 0.2) is 0 Å². The molecule has 3 amide bonds. The molecule has 1 saturated carbocycles. The summed E-state index contributed by atoms with van der Waals surface area (Å²) in [5.74, 6) is -1.44. The third kappa shape index (κ3) is 4.28. The lowest BCUT2D eigenvalue weighted by molar-refractivity contribution is -0.128. The molecule has 2 heterocycles. The van der Waals surface area contributed by atoms with Crippen LogP contribution in [0.3, 0.4) is 0 Å². The van der Waals surface area contributed by atoms with Crippen LogP contribution in [0.15, 0.2) is 48.5 Å². The van der Waals surface area contributed by atoms with Crippen LogP contribution < -0.4 is 5.32 Å². The van der Waals surface area contributed by atoms with Crippen molar-refractivity contribution in [2.24, 2.45) is 0 Å². The zero-order valence-electron chi connectivity index (χ0n) is 18.5. The molecular formula is C25H25ClFN3O4. The van der Waals surface area contributed by atoms with Gasteiger partial charge in [-0.15, -0.1) is 0 Å². The number of halogens is 2. The molecule has 1 atom stereocenters. The predicted octanol–water partition coefficient (Wildman–Crippen LogP) is 3.23. The normalized spacial score (nSPS) is 21.5. The third-order valence-electron chi connectivity index (χ3n) is 6.71. The lowest BCUT2D eigenvalue weighted by Crippen LogP contribution is -2.60. The quantitative estimate of drug-likeness (QED) is 0.721. The number of nitrogens with zero attached hydrogens (tertiary/aromatic N) is 2. The molecule has 0 radical (unpaired) electrons. The fourth-order valence-electron chi connectivity index (χ4n) is 4.72. The third-order valence-corrected chi connectivity index (χ3v) is 7.04. The molecule has 178 valence electrons. The fourth-order valence-corrected chi connectivity index (χ4v) is 4.93. The first-order valence-electron chi connectivity index (χ1n) is 11.5. The lowest BCUT2D eigenvalue weighted by atomic mass is 9.96. The molecule has 2 aliphatic heterocycles. The van der Waals surface area contributed by atoms with Crippen LogP contribution in [0.1, 0.15) is 46.4 Å². The molecule has 2 aromatic rings. The molecule has 0 bridgehead atoms. The number of hydrogen-bond donors (Lipinski definition) is 1. The monoisotopic (exact) mass is 485 g/mol. The SMILES string of the molecule is O=C(NC1CC1)C1COC2(CCN(C(=O)c3ccccc3Cl)CC2)N1C(=O)c1cccc(F)c1. The Bertz CT molecular complexity index is 1130. The van der Waals surface area contributed by atoms with Crippen molar-refractivity contribution < 1.29 is 23.5 Å². The largest absolute Gasteiger partial charge is 0.353 e. The average Bonchev–Trinajstić information content (AvgIpc) is 3.58. The summed E-state index contributed by atoms with van der Waals surface area (Å²) in [6.45, 7) is 0.708. The number of amides is 3. The van der Waals surface area contributed by atoms with E-state index in [9.17, 15) is 18.8 Å².